The van der Waals surface area contributed by atoms with E-state index in [1.54, 1.807) is 49.5 Å². The van der Waals surface area contributed by atoms with E-state index in [1.807, 2.05) is 0 Å². The summed E-state index contributed by atoms with van der Waals surface area (Å²) in [7, 11) is 1.54. The highest BCUT2D eigenvalue weighted by Gasteiger charge is 2.41. The van der Waals surface area contributed by atoms with E-state index < -0.39 is 17.8 Å². The Balaban J connectivity index is 2.07. The molecule has 3 aromatic rings. The lowest BCUT2D eigenvalue weighted by molar-refractivity contribution is 0.0770. The SMILES string of the molecule is CN1C(=O)c2oc3ccccc3c(=O)c2[C@H]1c1ccccc1F. The van der Waals surface area contributed by atoms with E-state index in [4.69, 9.17) is 4.42 Å². The van der Waals surface area contributed by atoms with Gasteiger partial charge in [-0.3, -0.25) is 9.59 Å². The van der Waals surface area contributed by atoms with E-state index in [9.17, 15) is 14.0 Å². The van der Waals surface area contributed by atoms with Crippen molar-refractivity contribution < 1.29 is 13.6 Å². The summed E-state index contributed by atoms with van der Waals surface area (Å²) >= 11 is 0. The predicted molar refractivity (Wildman–Crippen MR) is 82.8 cm³/mol. The van der Waals surface area contributed by atoms with E-state index in [-0.39, 0.29) is 22.3 Å². The molecule has 0 bridgehead atoms. The van der Waals surface area contributed by atoms with Crippen LogP contribution in [0, 0.1) is 5.82 Å². The monoisotopic (exact) mass is 309 g/mol. The van der Waals surface area contributed by atoms with Gasteiger partial charge in [0.25, 0.3) is 5.91 Å². The Labute approximate surface area is 130 Å². The molecule has 2 aromatic carbocycles. The molecule has 0 radical (unpaired) electrons. The molecule has 0 saturated carbocycles. The average molecular weight is 309 g/mol. The average Bonchev–Trinajstić information content (AvgIpc) is 2.81. The lowest BCUT2D eigenvalue weighted by atomic mass is 9.98. The van der Waals surface area contributed by atoms with Gasteiger partial charge in [-0.15, -0.1) is 0 Å². The van der Waals surface area contributed by atoms with Crippen molar-refractivity contribution in [3.63, 3.8) is 0 Å². The second-order valence-corrected chi connectivity index (χ2v) is 5.51. The minimum atomic E-state index is -0.778. The second-order valence-electron chi connectivity index (χ2n) is 5.51. The van der Waals surface area contributed by atoms with Crippen LogP contribution >= 0.6 is 0 Å². The highest BCUT2D eigenvalue weighted by Crippen LogP contribution is 2.37. The number of carbonyl (C=O) groups excluding carboxylic acids is 1. The lowest BCUT2D eigenvalue weighted by Gasteiger charge is -2.20. The maximum Gasteiger partial charge on any atom is 0.290 e. The van der Waals surface area contributed by atoms with Crippen LogP contribution in [-0.4, -0.2) is 17.9 Å². The maximum absolute atomic E-state index is 14.2. The topological polar surface area (TPSA) is 50.5 Å². The number of rotatable bonds is 1. The summed E-state index contributed by atoms with van der Waals surface area (Å²) in [5.74, 6) is -0.891. The molecule has 2 heterocycles. The molecule has 23 heavy (non-hydrogen) atoms. The largest absolute Gasteiger partial charge is 0.450 e. The van der Waals surface area contributed by atoms with E-state index in [0.29, 0.717) is 11.0 Å². The molecule has 5 heteroatoms. The number of carbonyl (C=O) groups is 1. The van der Waals surface area contributed by atoms with Gasteiger partial charge in [0.1, 0.15) is 11.4 Å². The van der Waals surface area contributed by atoms with Crippen LogP contribution in [0.3, 0.4) is 0 Å². The van der Waals surface area contributed by atoms with Gasteiger partial charge < -0.3 is 9.32 Å². The van der Waals surface area contributed by atoms with Gasteiger partial charge in [-0.25, -0.2) is 4.39 Å². The smallest absolute Gasteiger partial charge is 0.290 e. The second kappa shape index (κ2) is 4.78. The molecule has 0 aliphatic carbocycles. The summed E-state index contributed by atoms with van der Waals surface area (Å²) in [6, 6.07) is 12.1. The van der Waals surface area contributed by atoms with Gasteiger partial charge >= 0.3 is 0 Å². The summed E-state index contributed by atoms with van der Waals surface area (Å²) < 4.78 is 19.9. The van der Waals surface area contributed by atoms with Crippen LogP contribution in [0.2, 0.25) is 0 Å². The van der Waals surface area contributed by atoms with E-state index >= 15 is 0 Å². The van der Waals surface area contributed by atoms with E-state index in [1.165, 1.54) is 11.0 Å². The van der Waals surface area contributed by atoms with Crippen molar-refractivity contribution >= 4 is 16.9 Å². The van der Waals surface area contributed by atoms with Gasteiger partial charge in [-0.05, 0) is 18.2 Å². The van der Waals surface area contributed by atoms with Crippen molar-refractivity contribution in [2.75, 3.05) is 7.05 Å². The zero-order valence-corrected chi connectivity index (χ0v) is 12.2. The number of para-hydroxylation sites is 1. The minimum Gasteiger partial charge on any atom is -0.450 e. The molecule has 0 fully saturated rings. The zero-order chi connectivity index (χ0) is 16.1. The molecule has 0 N–H and O–H groups in total. The van der Waals surface area contributed by atoms with Gasteiger partial charge in [0.05, 0.1) is 17.0 Å². The number of fused-ring (bicyclic) bond motifs is 2. The van der Waals surface area contributed by atoms with Gasteiger partial charge in [0.2, 0.25) is 5.76 Å². The molecule has 1 aliphatic heterocycles. The molecular weight excluding hydrogens is 297 g/mol. The molecule has 1 amide bonds. The number of hydrogen-bond acceptors (Lipinski definition) is 3. The molecule has 0 spiro atoms. The van der Waals surface area contributed by atoms with Gasteiger partial charge in [0.15, 0.2) is 5.43 Å². The fourth-order valence-electron chi connectivity index (χ4n) is 3.10. The van der Waals surface area contributed by atoms with Gasteiger partial charge in [-0.1, -0.05) is 30.3 Å². The predicted octanol–water partition coefficient (Wildman–Crippen LogP) is 3.11. The fourth-order valence-corrected chi connectivity index (χ4v) is 3.10. The van der Waals surface area contributed by atoms with Crippen molar-refractivity contribution in [1.82, 2.24) is 4.90 Å². The van der Waals surface area contributed by atoms with Crippen molar-refractivity contribution in [1.29, 1.82) is 0 Å². The number of halogens is 1. The molecule has 4 rings (SSSR count). The summed E-state index contributed by atoms with van der Waals surface area (Å²) in [6.45, 7) is 0. The van der Waals surface area contributed by atoms with Gasteiger partial charge in [-0.2, -0.15) is 0 Å². The third-order valence-electron chi connectivity index (χ3n) is 4.21. The van der Waals surface area contributed by atoms with Crippen LogP contribution in [0.4, 0.5) is 4.39 Å². The first-order valence-electron chi connectivity index (χ1n) is 7.17. The Kier molecular flexibility index (Phi) is 2.84. The Morgan fingerprint density at radius 3 is 2.52 bits per heavy atom. The molecule has 1 atom stereocenters. The molecular formula is C18H12FNO3. The molecule has 114 valence electrons. The van der Waals surface area contributed by atoms with Crippen molar-refractivity contribution in [3.8, 4) is 0 Å². The number of benzene rings is 2. The molecule has 1 aromatic heterocycles. The van der Waals surface area contributed by atoms with Gasteiger partial charge in [0, 0.05) is 12.6 Å². The Morgan fingerprint density at radius 1 is 1.04 bits per heavy atom. The van der Waals surface area contributed by atoms with Crippen LogP contribution in [-0.2, 0) is 0 Å². The Bertz CT molecular complexity index is 1010. The van der Waals surface area contributed by atoms with Crippen LogP contribution in [0.15, 0.2) is 57.7 Å². The first-order chi connectivity index (χ1) is 11.1. The third-order valence-corrected chi connectivity index (χ3v) is 4.21. The number of nitrogens with zero attached hydrogens (tertiary/aromatic N) is 1. The van der Waals surface area contributed by atoms with Crippen LogP contribution in [0.1, 0.15) is 27.7 Å². The summed E-state index contributed by atoms with van der Waals surface area (Å²) in [5.41, 5.74) is 0.533. The molecule has 0 unspecified atom stereocenters. The van der Waals surface area contributed by atoms with Crippen molar-refractivity contribution in [2.24, 2.45) is 0 Å². The maximum atomic E-state index is 14.2. The summed E-state index contributed by atoms with van der Waals surface area (Å²) in [4.78, 5) is 26.6. The summed E-state index contributed by atoms with van der Waals surface area (Å²) in [6.07, 6.45) is 0. The lowest BCUT2D eigenvalue weighted by Crippen LogP contribution is -2.25. The van der Waals surface area contributed by atoms with Crippen LogP contribution < -0.4 is 5.43 Å². The van der Waals surface area contributed by atoms with Crippen molar-refractivity contribution in [2.45, 2.75) is 6.04 Å². The number of amides is 1. The van der Waals surface area contributed by atoms with Crippen LogP contribution in [0.25, 0.3) is 11.0 Å². The Hall–Kier alpha value is -2.95. The van der Waals surface area contributed by atoms with E-state index in [0.717, 1.165) is 0 Å². The highest BCUT2D eigenvalue weighted by atomic mass is 19.1. The third kappa shape index (κ3) is 1.83. The highest BCUT2D eigenvalue weighted by molar-refractivity contribution is 5.98. The quantitative estimate of drug-likeness (QED) is 0.694. The van der Waals surface area contributed by atoms with Crippen LogP contribution in [0.5, 0.6) is 0 Å². The first kappa shape index (κ1) is 13.7. The fraction of sp³-hybridized carbons (Fsp3) is 0.111. The molecule has 4 nitrogen and oxygen atoms in total. The van der Waals surface area contributed by atoms with E-state index in [2.05, 4.69) is 0 Å². The van der Waals surface area contributed by atoms with Crippen molar-refractivity contribution in [3.05, 3.63) is 81.5 Å². The first-order valence-corrected chi connectivity index (χ1v) is 7.17. The molecule has 0 saturated heterocycles. The summed E-state index contributed by atoms with van der Waals surface area (Å²) in [5, 5.41) is 0.385. The standard InChI is InChI=1S/C18H12FNO3/c1-20-15(10-6-2-4-8-12(10)19)14-16(21)11-7-3-5-9-13(11)23-17(14)18(20)22/h2-9,15H,1H3/t15-/m1/s1. The molecule has 1 aliphatic rings. The minimum absolute atomic E-state index is 0.00977. The number of hydrogen-bond donors (Lipinski definition) is 0. The normalized spacial score (nSPS) is 16.9. The Morgan fingerprint density at radius 2 is 1.74 bits per heavy atom. The zero-order valence-electron chi connectivity index (χ0n) is 12.2.